The van der Waals surface area contributed by atoms with Gasteiger partial charge in [-0.3, -0.25) is 0 Å². The zero-order valence-corrected chi connectivity index (χ0v) is 10.4. The molecule has 16 heavy (non-hydrogen) atoms. The molecule has 0 radical (unpaired) electrons. The van der Waals surface area contributed by atoms with Crippen molar-refractivity contribution in [2.75, 3.05) is 32.6 Å². The third kappa shape index (κ3) is 5.29. The van der Waals surface area contributed by atoms with E-state index in [1.165, 1.54) is 7.11 Å². The van der Waals surface area contributed by atoms with Crippen LogP contribution in [0.15, 0.2) is 5.16 Å². The highest BCUT2D eigenvalue weighted by atomic mass is 32.2. The Balaban J connectivity index is 4.43. The maximum Gasteiger partial charge on any atom is 0.214 e. The Morgan fingerprint density at radius 1 is 1.56 bits per heavy atom. The van der Waals surface area contributed by atoms with Gasteiger partial charge in [-0.05, 0) is 6.42 Å². The number of rotatable bonds is 8. The Morgan fingerprint density at radius 2 is 2.19 bits per heavy atom. The van der Waals surface area contributed by atoms with Crippen molar-refractivity contribution in [3.63, 3.8) is 0 Å². The summed E-state index contributed by atoms with van der Waals surface area (Å²) >= 11 is 0. The molecule has 0 saturated heterocycles. The lowest BCUT2D eigenvalue weighted by atomic mass is 10.5. The minimum Gasteiger partial charge on any atom is -0.409 e. The molecule has 0 fully saturated rings. The fourth-order valence-corrected chi connectivity index (χ4v) is 2.60. The molecule has 3 N–H and O–H groups in total. The third-order valence-corrected chi connectivity index (χ3v) is 3.94. The zero-order chi connectivity index (χ0) is 12.6. The van der Waals surface area contributed by atoms with Gasteiger partial charge in [-0.2, -0.15) is 4.31 Å². The second-order valence-corrected chi connectivity index (χ2v) is 5.27. The Bertz CT molecular complexity index is 315. The lowest BCUT2D eigenvalue weighted by molar-refractivity contribution is 0.199. The first-order chi connectivity index (χ1) is 7.47. The summed E-state index contributed by atoms with van der Waals surface area (Å²) in [6.07, 6.45) is 0.422. The van der Waals surface area contributed by atoms with E-state index in [0.29, 0.717) is 13.0 Å². The van der Waals surface area contributed by atoms with Crippen LogP contribution >= 0.6 is 0 Å². The molecule has 7 nitrogen and oxygen atoms in total. The fourth-order valence-electron chi connectivity index (χ4n) is 1.13. The first-order valence-corrected chi connectivity index (χ1v) is 6.52. The molecule has 0 aliphatic carbocycles. The van der Waals surface area contributed by atoms with Crippen molar-refractivity contribution < 1.29 is 18.4 Å². The molecule has 0 bridgehead atoms. The van der Waals surface area contributed by atoms with Gasteiger partial charge in [0.2, 0.25) is 10.0 Å². The second kappa shape index (κ2) is 7.42. The van der Waals surface area contributed by atoms with Crippen molar-refractivity contribution >= 4 is 15.9 Å². The van der Waals surface area contributed by atoms with Crippen LogP contribution in [0.4, 0.5) is 0 Å². The normalized spacial score (nSPS) is 13.3. The number of amidine groups is 1. The molecular formula is C8H19N3O4S. The average Bonchev–Trinajstić information content (AvgIpc) is 2.25. The molecule has 0 aromatic rings. The molecule has 0 amide bonds. The first kappa shape index (κ1) is 15.1. The number of oxime groups is 1. The van der Waals surface area contributed by atoms with Crippen LogP contribution in [0.2, 0.25) is 0 Å². The second-order valence-electron chi connectivity index (χ2n) is 3.18. The Labute approximate surface area is 95.9 Å². The molecule has 0 spiro atoms. The number of ether oxygens (including phenoxy) is 1. The number of nitrogens with zero attached hydrogens (tertiary/aromatic N) is 2. The largest absolute Gasteiger partial charge is 0.409 e. The van der Waals surface area contributed by atoms with E-state index in [1.54, 1.807) is 6.92 Å². The van der Waals surface area contributed by atoms with Gasteiger partial charge in [0.25, 0.3) is 0 Å². The molecule has 0 aliphatic heterocycles. The number of methoxy groups -OCH3 is 1. The quantitative estimate of drug-likeness (QED) is 0.198. The number of hydrogen-bond acceptors (Lipinski definition) is 5. The number of likely N-dealkylation sites (N-methyl/N-ethyl adjacent to an activating group) is 1. The summed E-state index contributed by atoms with van der Waals surface area (Å²) in [7, 11) is -1.85. The van der Waals surface area contributed by atoms with Crippen molar-refractivity contribution in [2.24, 2.45) is 10.9 Å². The van der Waals surface area contributed by atoms with Crippen LogP contribution in [0, 0.1) is 0 Å². The molecular weight excluding hydrogens is 234 g/mol. The van der Waals surface area contributed by atoms with E-state index in [1.807, 2.05) is 0 Å². The molecule has 0 heterocycles. The Hall–Kier alpha value is -0.860. The van der Waals surface area contributed by atoms with Crippen LogP contribution in [0.25, 0.3) is 0 Å². The topological polar surface area (TPSA) is 105 Å². The van der Waals surface area contributed by atoms with Gasteiger partial charge < -0.3 is 15.7 Å². The lowest BCUT2D eigenvalue weighted by Gasteiger charge is -2.19. The maximum absolute atomic E-state index is 11.8. The predicted octanol–water partition coefficient (Wildman–Crippen LogP) is -0.579. The molecule has 0 aromatic heterocycles. The van der Waals surface area contributed by atoms with Crippen molar-refractivity contribution in [2.45, 2.75) is 13.3 Å². The zero-order valence-electron chi connectivity index (χ0n) is 9.59. The van der Waals surface area contributed by atoms with E-state index in [2.05, 4.69) is 5.16 Å². The summed E-state index contributed by atoms with van der Waals surface area (Å²) < 4.78 is 29.5. The molecule has 0 saturated carbocycles. The molecule has 0 atom stereocenters. The van der Waals surface area contributed by atoms with E-state index >= 15 is 0 Å². The van der Waals surface area contributed by atoms with Gasteiger partial charge in [-0.1, -0.05) is 12.1 Å². The molecule has 0 aromatic carbocycles. The van der Waals surface area contributed by atoms with Crippen LogP contribution < -0.4 is 5.73 Å². The number of hydrogen-bond donors (Lipinski definition) is 2. The van der Waals surface area contributed by atoms with Crippen molar-refractivity contribution in [3.05, 3.63) is 0 Å². The van der Waals surface area contributed by atoms with Crippen LogP contribution in [0.3, 0.4) is 0 Å². The molecule has 96 valence electrons. The minimum atomic E-state index is -3.37. The van der Waals surface area contributed by atoms with Crippen LogP contribution in [-0.4, -0.2) is 56.3 Å². The third-order valence-electron chi connectivity index (χ3n) is 1.96. The van der Waals surface area contributed by atoms with Gasteiger partial charge in [0, 0.05) is 20.3 Å². The minimum absolute atomic E-state index is 0.00656. The summed E-state index contributed by atoms with van der Waals surface area (Å²) in [6, 6.07) is 0. The fraction of sp³-hybridized carbons (Fsp3) is 0.875. The van der Waals surface area contributed by atoms with E-state index < -0.39 is 10.0 Å². The lowest BCUT2D eigenvalue weighted by Crippen LogP contribution is -2.39. The number of nitrogens with two attached hydrogens (primary N) is 1. The molecule has 0 rings (SSSR count). The van der Waals surface area contributed by atoms with Crippen molar-refractivity contribution in [1.29, 1.82) is 0 Å². The average molecular weight is 253 g/mol. The smallest absolute Gasteiger partial charge is 0.214 e. The predicted molar refractivity (Wildman–Crippen MR) is 60.9 cm³/mol. The summed E-state index contributed by atoms with van der Waals surface area (Å²) in [4.78, 5) is 0. The van der Waals surface area contributed by atoms with Crippen LogP contribution in [-0.2, 0) is 14.8 Å². The summed E-state index contributed by atoms with van der Waals surface area (Å²) in [5, 5.41) is 11.1. The highest BCUT2D eigenvalue weighted by Crippen LogP contribution is 2.03. The standard InChI is InChI=1S/C8H19N3O4S/c1-3-11(7-8(9)10-12)16(13,14)6-4-5-15-2/h12H,3-7H2,1-2H3,(H2,9,10). The van der Waals surface area contributed by atoms with E-state index in [-0.39, 0.29) is 24.7 Å². The van der Waals surface area contributed by atoms with Crippen LogP contribution in [0.1, 0.15) is 13.3 Å². The molecule has 0 unspecified atom stereocenters. The highest BCUT2D eigenvalue weighted by Gasteiger charge is 2.20. The van der Waals surface area contributed by atoms with Gasteiger partial charge in [0.1, 0.15) is 0 Å². The summed E-state index contributed by atoms with van der Waals surface area (Å²) in [6.45, 7) is 2.27. The van der Waals surface area contributed by atoms with Gasteiger partial charge in [0.15, 0.2) is 5.84 Å². The summed E-state index contributed by atoms with van der Waals surface area (Å²) in [5.41, 5.74) is 5.27. The van der Waals surface area contributed by atoms with E-state index in [4.69, 9.17) is 15.7 Å². The Kier molecular flexibility index (Phi) is 7.02. The van der Waals surface area contributed by atoms with E-state index in [9.17, 15) is 8.42 Å². The highest BCUT2D eigenvalue weighted by molar-refractivity contribution is 7.89. The van der Waals surface area contributed by atoms with Crippen LogP contribution in [0.5, 0.6) is 0 Å². The summed E-state index contributed by atoms with van der Waals surface area (Å²) in [5.74, 6) is -0.134. The van der Waals surface area contributed by atoms with Gasteiger partial charge >= 0.3 is 0 Å². The SMILES string of the molecule is CCN(CC(N)=NO)S(=O)(=O)CCCOC. The van der Waals surface area contributed by atoms with Gasteiger partial charge in [0.05, 0.1) is 12.3 Å². The first-order valence-electron chi connectivity index (χ1n) is 4.91. The van der Waals surface area contributed by atoms with Crippen molar-refractivity contribution in [1.82, 2.24) is 4.31 Å². The monoisotopic (exact) mass is 253 g/mol. The maximum atomic E-state index is 11.8. The molecule has 0 aliphatic rings. The number of sulfonamides is 1. The van der Waals surface area contributed by atoms with Gasteiger partial charge in [-0.25, -0.2) is 8.42 Å². The van der Waals surface area contributed by atoms with E-state index in [0.717, 1.165) is 4.31 Å². The van der Waals surface area contributed by atoms with Crippen molar-refractivity contribution in [3.8, 4) is 0 Å². The Morgan fingerprint density at radius 3 is 2.62 bits per heavy atom. The van der Waals surface area contributed by atoms with Gasteiger partial charge in [-0.15, -0.1) is 0 Å². The molecule has 8 heteroatoms.